The number of nitrogens with zero attached hydrogens (tertiary/aromatic N) is 3. The number of aromatic amines is 1. The Balaban J connectivity index is 1.80. The lowest BCUT2D eigenvalue weighted by Gasteiger charge is -2.03. The first kappa shape index (κ1) is 10.2. The fraction of sp³-hybridized carbons (Fsp3) is 0.222. The lowest BCUT2D eigenvalue weighted by molar-refractivity contribution is 0.0942. The molecule has 0 bridgehead atoms. The van der Waals surface area contributed by atoms with Crippen molar-refractivity contribution in [3.63, 3.8) is 0 Å². The van der Waals surface area contributed by atoms with Crippen LogP contribution in [0.15, 0.2) is 24.5 Å². The van der Waals surface area contributed by atoms with Gasteiger partial charge in [0.15, 0.2) is 0 Å². The second-order valence-electron chi connectivity index (χ2n) is 3.22. The van der Waals surface area contributed by atoms with Crippen molar-refractivity contribution >= 4 is 11.9 Å². The molecule has 16 heavy (non-hydrogen) atoms. The number of anilines is 1. The predicted octanol–water partition coefficient (Wildman–Crippen LogP) is -0.382. The zero-order valence-corrected chi connectivity index (χ0v) is 8.55. The average molecular weight is 220 g/mol. The molecule has 0 aliphatic rings. The highest BCUT2D eigenvalue weighted by atomic mass is 16.2. The van der Waals surface area contributed by atoms with Gasteiger partial charge in [0.2, 0.25) is 11.8 Å². The van der Waals surface area contributed by atoms with Gasteiger partial charge in [-0.05, 0) is 12.1 Å². The molecule has 1 amide bonds. The Morgan fingerprint density at radius 1 is 1.50 bits per heavy atom. The van der Waals surface area contributed by atoms with Gasteiger partial charge in [0.1, 0.15) is 0 Å². The summed E-state index contributed by atoms with van der Waals surface area (Å²) >= 11 is 0. The maximum atomic E-state index is 11.5. The molecule has 0 radical (unpaired) electrons. The number of hydrogen-bond acceptors (Lipinski definition) is 4. The van der Waals surface area contributed by atoms with Gasteiger partial charge in [0.25, 0.3) is 5.91 Å². The third-order valence-electron chi connectivity index (χ3n) is 2.04. The summed E-state index contributed by atoms with van der Waals surface area (Å²) < 4.78 is 1.97. The van der Waals surface area contributed by atoms with Crippen LogP contribution in [-0.4, -0.2) is 32.2 Å². The number of nitrogens with one attached hydrogen (secondary N) is 2. The van der Waals surface area contributed by atoms with E-state index in [0.717, 1.165) is 0 Å². The standard InChI is InChI=1S/C9H12N6O/c10-9-12-7(13-14-9)8(16)11-3-6-15-4-1-2-5-15/h1-2,4-5H,3,6H2,(H,11,16)(H3,10,12,13,14). The molecule has 0 aromatic carbocycles. The fourth-order valence-electron chi connectivity index (χ4n) is 1.28. The van der Waals surface area contributed by atoms with Gasteiger partial charge in [-0.15, -0.1) is 5.10 Å². The van der Waals surface area contributed by atoms with Gasteiger partial charge in [-0.1, -0.05) is 0 Å². The van der Waals surface area contributed by atoms with Gasteiger partial charge in [-0.25, -0.2) is 0 Å². The van der Waals surface area contributed by atoms with Crippen molar-refractivity contribution in [1.82, 2.24) is 25.1 Å². The van der Waals surface area contributed by atoms with Crippen LogP contribution in [0.5, 0.6) is 0 Å². The summed E-state index contributed by atoms with van der Waals surface area (Å²) in [5.41, 5.74) is 5.28. The Kier molecular flexibility index (Phi) is 2.86. The van der Waals surface area contributed by atoms with Gasteiger partial charge in [-0.3, -0.25) is 9.89 Å². The lowest BCUT2D eigenvalue weighted by Crippen LogP contribution is -2.27. The Hall–Kier alpha value is -2.31. The molecule has 2 aromatic heterocycles. The van der Waals surface area contributed by atoms with Crippen molar-refractivity contribution in [2.75, 3.05) is 12.3 Å². The van der Waals surface area contributed by atoms with Crippen LogP contribution in [0.3, 0.4) is 0 Å². The van der Waals surface area contributed by atoms with Gasteiger partial charge < -0.3 is 15.6 Å². The molecule has 84 valence electrons. The molecule has 0 aliphatic heterocycles. The van der Waals surface area contributed by atoms with E-state index in [1.807, 2.05) is 29.1 Å². The monoisotopic (exact) mass is 220 g/mol. The molecule has 0 saturated heterocycles. The largest absolute Gasteiger partial charge is 0.366 e. The van der Waals surface area contributed by atoms with E-state index in [1.165, 1.54) is 0 Å². The molecule has 0 fully saturated rings. The maximum Gasteiger partial charge on any atom is 0.288 e. The van der Waals surface area contributed by atoms with Gasteiger partial charge in [0.05, 0.1) is 0 Å². The molecule has 0 saturated carbocycles. The van der Waals surface area contributed by atoms with E-state index < -0.39 is 0 Å². The SMILES string of the molecule is Nc1n[nH]c(C(=O)NCCn2cccc2)n1. The first-order valence-electron chi connectivity index (χ1n) is 4.82. The molecule has 7 nitrogen and oxygen atoms in total. The van der Waals surface area contributed by atoms with E-state index in [1.54, 1.807) is 0 Å². The Labute approximate surface area is 91.7 Å². The molecule has 4 N–H and O–H groups in total. The van der Waals surface area contributed by atoms with E-state index in [9.17, 15) is 4.79 Å². The number of rotatable bonds is 4. The highest BCUT2D eigenvalue weighted by Crippen LogP contribution is 1.93. The van der Waals surface area contributed by atoms with Crippen LogP contribution < -0.4 is 11.1 Å². The summed E-state index contributed by atoms with van der Waals surface area (Å²) in [5.74, 6) is -0.114. The highest BCUT2D eigenvalue weighted by Gasteiger charge is 2.09. The minimum absolute atomic E-state index is 0.0653. The average Bonchev–Trinajstić information content (AvgIpc) is 2.89. The van der Waals surface area contributed by atoms with Crippen molar-refractivity contribution in [3.05, 3.63) is 30.4 Å². The maximum absolute atomic E-state index is 11.5. The zero-order chi connectivity index (χ0) is 11.4. The second kappa shape index (κ2) is 4.47. The summed E-state index contributed by atoms with van der Waals surface area (Å²) in [6.45, 7) is 1.23. The normalized spacial score (nSPS) is 10.2. The smallest absolute Gasteiger partial charge is 0.288 e. The van der Waals surface area contributed by atoms with Gasteiger partial charge >= 0.3 is 0 Å². The molecule has 2 aromatic rings. The Morgan fingerprint density at radius 3 is 2.88 bits per heavy atom. The highest BCUT2D eigenvalue weighted by molar-refractivity contribution is 5.90. The number of nitrogens with two attached hydrogens (primary N) is 1. The summed E-state index contributed by atoms with van der Waals surface area (Å²) in [6.07, 6.45) is 3.86. The Morgan fingerprint density at radius 2 is 2.25 bits per heavy atom. The van der Waals surface area contributed by atoms with Crippen LogP contribution >= 0.6 is 0 Å². The predicted molar refractivity (Wildman–Crippen MR) is 57.6 cm³/mol. The van der Waals surface area contributed by atoms with Crippen LogP contribution in [-0.2, 0) is 6.54 Å². The molecule has 2 rings (SSSR count). The summed E-state index contributed by atoms with van der Waals surface area (Å²) in [5, 5.41) is 8.72. The topological polar surface area (TPSA) is 102 Å². The molecule has 0 atom stereocenters. The molecule has 2 heterocycles. The number of nitrogen functional groups attached to an aromatic ring is 1. The van der Waals surface area contributed by atoms with Crippen molar-refractivity contribution < 1.29 is 4.79 Å². The van der Waals surface area contributed by atoms with E-state index in [4.69, 9.17) is 5.73 Å². The van der Waals surface area contributed by atoms with Crippen molar-refractivity contribution in [2.45, 2.75) is 6.54 Å². The number of carbonyl (C=O) groups is 1. The number of amides is 1. The number of aromatic nitrogens is 4. The van der Waals surface area contributed by atoms with Gasteiger partial charge in [-0.2, -0.15) is 4.98 Å². The van der Waals surface area contributed by atoms with E-state index in [-0.39, 0.29) is 17.7 Å². The van der Waals surface area contributed by atoms with E-state index in [2.05, 4.69) is 20.5 Å². The summed E-state index contributed by atoms with van der Waals surface area (Å²) in [7, 11) is 0. The third-order valence-corrected chi connectivity index (χ3v) is 2.04. The zero-order valence-electron chi connectivity index (χ0n) is 8.55. The summed E-state index contributed by atoms with van der Waals surface area (Å²) in [4.78, 5) is 15.2. The van der Waals surface area contributed by atoms with Crippen molar-refractivity contribution in [2.24, 2.45) is 0 Å². The fourth-order valence-corrected chi connectivity index (χ4v) is 1.28. The third kappa shape index (κ3) is 2.38. The minimum atomic E-state index is -0.309. The van der Waals surface area contributed by atoms with Crippen LogP contribution in [0.4, 0.5) is 5.95 Å². The molecule has 0 spiro atoms. The van der Waals surface area contributed by atoms with E-state index >= 15 is 0 Å². The van der Waals surface area contributed by atoms with Crippen LogP contribution in [0, 0.1) is 0 Å². The van der Waals surface area contributed by atoms with Crippen LogP contribution in [0.1, 0.15) is 10.6 Å². The van der Waals surface area contributed by atoms with Crippen molar-refractivity contribution in [1.29, 1.82) is 0 Å². The molecular weight excluding hydrogens is 208 g/mol. The van der Waals surface area contributed by atoms with Crippen molar-refractivity contribution in [3.8, 4) is 0 Å². The second-order valence-corrected chi connectivity index (χ2v) is 3.22. The number of carbonyl (C=O) groups excluding carboxylic acids is 1. The first-order chi connectivity index (χ1) is 7.75. The first-order valence-corrected chi connectivity index (χ1v) is 4.82. The lowest BCUT2D eigenvalue weighted by atomic mass is 10.5. The molecule has 0 aliphatic carbocycles. The van der Waals surface area contributed by atoms with E-state index in [0.29, 0.717) is 13.1 Å². The molecule has 0 unspecified atom stereocenters. The van der Waals surface area contributed by atoms with Crippen LogP contribution in [0.2, 0.25) is 0 Å². The summed E-state index contributed by atoms with van der Waals surface area (Å²) in [6, 6.07) is 3.86. The van der Waals surface area contributed by atoms with Gasteiger partial charge in [0, 0.05) is 25.5 Å². The van der Waals surface area contributed by atoms with Crippen LogP contribution in [0.25, 0.3) is 0 Å². The quantitative estimate of drug-likeness (QED) is 0.653. The molecular formula is C9H12N6O. The molecule has 7 heteroatoms. The minimum Gasteiger partial charge on any atom is -0.366 e. The Bertz CT molecular complexity index is 460. The number of H-pyrrole nitrogens is 1. The number of hydrogen-bond donors (Lipinski definition) is 3.